The lowest BCUT2D eigenvalue weighted by Crippen LogP contribution is -2.14. The zero-order valence-electron chi connectivity index (χ0n) is 11.4. The van der Waals surface area contributed by atoms with Crippen LogP contribution < -0.4 is 0 Å². The summed E-state index contributed by atoms with van der Waals surface area (Å²) >= 11 is 0. The first kappa shape index (κ1) is 14.4. The summed E-state index contributed by atoms with van der Waals surface area (Å²) in [4.78, 5) is 4.29. The first-order valence-corrected chi connectivity index (χ1v) is 6.10. The summed E-state index contributed by atoms with van der Waals surface area (Å²) in [6.07, 6.45) is -2.96. The first-order valence-electron chi connectivity index (χ1n) is 6.10. The molecule has 2 heterocycles. The molecule has 0 saturated heterocycles. The van der Waals surface area contributed by atoms with Crippen molar-refractivity contribution in [2.45, 2.75) is 38.8 Å². The molecule has 0 amide bonds. The van der Waals surface area contributed by atoms with Crippen molar-refractivity contribution in [2.24, 2.45) is 0 Å². The molecule has 3 nitrogen and oxygen atoms in total. The van der Waals surface area contributed by atoms with E-state index < -0.39 is 11.7 Å². The van der Waals surface area contributed by atoms with Crippen molar-refractivity contribution in [3.63, 3.8) is 0 Å². The normalized spacial score (nSPS) is 12.7. The molecule has 0 unspecified atom stereocenters. The summed E-state index contributed by atoms with van der Waals surface area (Å²) < 4.78 is 39.7. The number of hydrogen-bond acceptors (Lipinski definition) is 2. The Morgan fingerprint density at radius 2 is 1.95 bits per heavy atom. The molecular formula is C14H14F3N3. The lowest BCUT2D eigenvalue weighted by atomic mass is 9.90. The van der Waals surface area contributed by atoms with E-state index in [0.29, 0.717) is 11.4 Å². The smallest absolute Gasteiger partial charge is 0.303 e. The Hall–Kier alpha value is -2.03. The van der Waals surface area contributed by atoms with Gasteiger partial charge in [0.25, 0.3) is 0 Å². The number of alkyl halides is 3. The lowest BCUT2D eigenvalue weighted by Gasteiger charge is -2.16. The second-order valence-corrected chi connectivity index (χ2v) is 5.63. The number of nitrogens with zero attached hydrogens (tertiary/aromatic N) is 3. The number of rotatable bonds is 1. The van der Waals surface area contributed by atoms with Gasteiger partial charge in [-0.3, -0.25) is 0 Å². The molecule has 0 aliphatic rings. The molecule has 106 valence electrons. The predicted octanol–water partition coefficient (Wildman–Crippen LogP) is 3.72. The summed E-state index contributed by atoms with van der Waals surface area (Å²) in [5, 5.41) is 8.90. The van der Waals surface area contributed by atoms with Crippen LogP contribution in [-0.2, 0) is 18.0 Å². The Kier molecular flexibility index (Phi) is 3.24. The largest absolute Gasteiger partial charge is 0.416 e. The third-order valence-electron chi connectivity index (χ3n) is 3.01. The van der Waals surface area contributed by atoms with Crippen molar-refractivity contribution in [3.8, 4) is 6.07 Å². The molecular weight excluding hydrogens is 267 g/mol. The van der Waals surface area contributed by atoms with Gasteiger partial charge in [-0.2, -0.15) is 18.4 Å². The fraction of sp³-hybridized carbons (Fsp3) is 0.429. The van der Waals surface area contributed by atoms with E-state index in [9.17, 15) is 13.2 Å². The highest BCUT2D eigenvalue weighted by Gasteiger charge is 2.32. The van der Waals surface area contributed by atoms with Crippen LogP contribution in [0, 0.1) is 11.3 Å². The van der Waals surface area contributed by atoms with E-state index in [0.717, 1.165) is 12.1 Å². The number of hydrogen-bond donors (Lipinski definition) is 0. The van der Waals surface area contributed by atoms with Crippen LogP contribution in [0.2, 0.25) is 0 Å². The van der Waals surface area contributed by atoms with Crippen LogP contribution in [-0.4, -0.2) is 9.38 Å². The fourth-order valence-corrected chi connectivity index (χ4v) is 2.12. The van der Waals surface area contributed by atoms with Crippen LogP contribution in [0.25, 0.3) is 5.65 Å². The second kappa shape index (κ2) is 4.51. The SMILES string of the molecule is CC(C)(C)c1nc2cc(C(F)(F)F)ccn2c1CC#N. The molecule has 2 aromatic heterocycles. The average Bonchev–Trinajstić information content (AvgIpc) is 2.67. The van der Waals surface area contributed by atoms with Crippen LogP contribution in [0.15, 0.2) is 18.3 Å². The molecule has 0 atom stereocenters. The van der Waals surface area contributed by atoms with E-state index >= 15 is 0 Å². The van der Waals surface area contributed by atoms with Crippen molar-refractivity contribution in [1.29, 1.82) is 5.26 Å². The number of aromatic nitrogens is 2. The summed E-state index contributed by atoms with van der Waals surface area (Å²) in [6.45, 7) is 5.75. The Balaban J connectivity index is 2.71. The number of nitriles is 1. The van der Waals surface area contributed by atoms with Gasteiger partial charge in [-0.1, -0.05) is 20.8 Å². The Labute approximate surface area is 114 Å². The number of imidazole rings is 1. The zero-order chi connectivity index (χ0) is 15.1. The van der Waals surface area contributed by atoms with Crippen molar-refractivity contribution in [3.05, 3.63) is 35.3 Å². The van der Waals surface area contributed by atoms with Crippen LogP contribution >= 0.6 is 0 Å². The maximum absolute atomic E-state index is 12.7. The monoisotopic (exact) mass is 281 g/mol. The van der Waals surface area contributed by atoms with Crippen molar-refractivity contribution >= 4 is 5.65 Å². The van der Waals surface area contributed by atoms with Crippen LogP contribution in [0.5, 0.6) is 0 Å². The van der Waals surface area contributed by atoms with Gasteiger partial charge in [0, 0.05) is 11.6 Å². The van der Waals surface area contributed by atoms with Gasteiger partial charge in [-0.05, 0) is 12.1 Å². The van der Waals surface area contributed by atoms with E-state index in [1.54, 1.807) is 4.40 Å². The highest BCUT2D eigenvalue weighted by atomic mass is 19.4. The van der Waals surface area contributed by atoms with Crippen LogP contribution in [0.3, 0.4) is 0 Å². The minimum absolute atomic E-state index is 0.110. The molecule has 6 heteroatoms. The highest BCUT2D eigenvalue weighted by Crippen LogP contribution is 2.32. The quantitative estimate of drug-likeness (QED) is 0.799. The first-order chi connectivity index (χ1) is 9.14. The topological polar surface area (TPSA) is 41.1 Å². The molecule has 0 aliphatic heterocycles. The van der Waals surface area contributed by atoms with E-state index in [1.807, 2.05) is 26.8 Å². The summed E-state index contributed by atoms with van der Waals surface area (Å²) in [5.74, 6) is 0. The minimum atomic E-state index is -4.40. The summed E-state index contributed by atoms with van der Waals surface area (Å²) in [7, 11) is 0. The zero-order valence-corrected chi connectivity index (χ0v) is 11.4. The molecule has 0 fully saturated rings. The van der Waals surface area contributed by atoms with Crippen LogP contribution in [0.4, 0.5) is 13.2 Å². The highest BCUT2D eigenvalue weighted by molar-refractivity contribution is 5.48. The van der Waals surface area contributed by atoms with E-state index in [2.05, 4.69) is 4.98 Å². The molecule has 0 bridgehead atoms. The molecule has 20 heavy (non-hydrogen) atoms. The molecule has 2 rings (SSSR count). The third kappa shape index (κ3) is 2.48. The molecule has 0 aliphatic carbocycles. The van der Waals surface area contributed by atoms with E-state index in [-0.39, 0.29) is 17.5 Å². The molecule has 0 aromatic carbocycles. The van der Waals surface area contributed by atoms with Gasteiger partial charge >= 0.3 is 6.18 Å². The summed E-state index contributed by atoms with van der Waals surface area (Å²) in [6, 6.07) is 4.05. The second-order valence-electron chi connectivity index (χ2n) is 5.63. The van der Waals surface area contributed by atoms with Crippen LogP contribution in [0.1, 0.15) is 37.7 Å². The molecule has 0 spiro atoms. The van der Waals surface area contributed by atoms with Gasteiger partial charge in [0.05, 0.1) is 29.4 Å². The number of halogens is 3. The fourth-order valence-electron chi connectivity index (χ4n) is 2.12. The molecule has 2 aromatic rings. The van der Waals surface area contributed by atoms with Gasteiger partial charge in [-0.15, -0.1) is 0 Å². The van der Waals surface area contributed by atoms with Gasteiger partial charge in [0.15, 0.2) is 0 Å². The van der Waals surface area contributed by atoms with Gasteiger partial charge in [-0.25, -0.2) is 4.98 Å². The standard InChI is InChI=1S/C14H14F3N3/c1-13(2,3)12-10(4-6-18)20-7-5-9(14(15,16)17)8-11(20)19-12/h5,7-8H,4H2,1-3H3. The number of fused-ring (bicyclic) bond motifs is 1. The minimum Gasteiger partial charge on any atom is -0.303 e. The predicted molar refractivity (Wildman–Crippen MR) is 68.2 cm³/mol. The Morgan fingerprint density at radius 3 is 2.45 bits per heavy atom. The maximum atomic E-state index is 12.7. The third-order valence-corrected chi connectivity index (χ3v) is 3.01. The summed E-state index contributed by atoms with van der Waals surface area (Å²) in [5.41, 5.74) is 0.437. The van der Waals surface area contributed by atoms with E-state index in [4.69, 9.17) is 5.26 Å². The lowest BCUT2D eigenvalue weighted by molar-refractivity contribution is -0.137. The van der Waals surface area contributed by atoms with Crippen molar-refractivity contribution < 1.29 is 13.2 Å². The number of pyridine rings is 1. The van der Waals surface area contributed by atoms with Gasteiger partial charge < -0.3 is 4.40 Å². The van der Waals surface area contributed by atoms with Crippen molar-refractivity contribution in [2.75, 3.05) is 0 Å². The van der Waals surface area contributed by atoms with E-state index in [1.165, 1.54) is 6.20 Å². The van der Waals surface area contributed by atoms with Gasteiger partial charge in [0.1, 0.15) is 5.65 Å². The Morgan fingerprint density at radius 1 is 1.30 bits per heavy atom. The molecule has 0 N–H and O–H groups in total. The Bertz CT molecular complexity index is 684. The maximum Gasteiger partial charge on any atom is 0.416 e. The average molecular weight is 281 g/mol. The molecule has 0 saturated carbocycles. The molecule has 0 radical (unpaired) electrons. The van der Waals surface area contributed by atoms with Gasteiger partial charge in [0.2, 0.25) is 0 Å². The van der Waals surface area contributed by atoms with Crippen molar-refractivity contribution in [1.82, 2.24) is 9.38 Å².